The molecule has 0 bridgehead atoms. The zero-order chi connectivity index (χ0) is 25.8. The van der Waals surface area contributed by atoms with Gasteiger partial charge in [-0.1, -0.05) is 51.7 Å². The Labute approximate surface area is 202 Å². The minimum absolute atomic E-state index is 0.00222. The van der Waals surface area contributed by atoms with Crippen LogP contribution >= 0.6 is 0 Å². The second-order valence-corrected chi connectivity index (χ2v) is 8.19. The molecule has 2 aromatic carbocycles. The van der Waals surface area contributed by atoms with E-state index < -0.39 is 36.5 Å². The maximum Gasteiger partial charge on any atom is 0.513 e. The first-order valence-electron chi connectivity index (χ1n) is 11.8. The van der Waals surface area contributed by atoms with Crippen molar-refractivity contribution >= 4 is 6.16 Å². The van der Waals surface area contributed by atoms with Gasteiger partial charge in [-0.15, -0.1) is 0 Å². The molecule has 0 heterocycles. The van der Waals surface area contributed by atoms with Crippen LogP contribution in [-0.4, -0.2) is 25.5 Å². The molecule has 2 rings (SSSR count). The maximum atomic E-state index is 14.4. The fourth-order valence-corrected chi connectivity index (χ4v) is 3.48. The summed E-state index contributed by atoms with van der Waals surface area (Å²) in [6, 6.07) is 8.26. The number of halogens is 5. The fourth-order valence-electron chi connectivity index (χ4n) is 3.48. The first-order chi connectivity index (χ1) is 16.7. The predicted octanol–water partition coefficient (Wildman–Crippen LogP) is 8.48. The van der Waals surface area contributed by atoms with E-state index >= 15 is 0 Å². The third-order valence-corrected chi connectivity index (χ3v) is 5.43. The van der Waals surface area contributed by atoms with Crippen LogP contribution in [0.4, 0.5) is 26.7 Å². The van der Waals surface area contributed by atoms with Gasteiger partial charge >= 0.3 is 12.3 Å². The second-order valence-electron chi connectivity index (χ2n) is 8.19. The summed E-state index contributed by atoms with van der Waals surface area (Å²) < 4.78 is 83.2. The number of ether oxygens (including phenoxy) is 3. The molecule has 0 N–H and O–H groups in total. The van der Waals surface area contributed by atoms with Crippen LogP contribution in [0, 0.1) is 17.6 Å². The second kappa shape index (κ2) is 13.9. The average Bonchev–Trinajstić information content (AvgIpc) is 2.81. The van der Waals surface area contributed by atoms with E-state index in [2.05, 4.69) is 0 Å². The van der Waals surface area contributed by atoms with Crippen LogP contribution in [0.2, 0.25) is 0 Å². The summed E-state index contributed by atoms with van der Waals surface area (Å²) in [6.07, 6.45) is -2.19. The lowest BCUT2D eigenvalue weighted by atomic mass is 9.97. The smallest absolute Gasteiger partial charge is 0.490 e. The zero-order valence-corrected chi connectivity index (χ0v) is 19.9. The van der Waals surface area contributed by atoms with Crippen molar-refractivity contribution in [1.82, 2.24) is 0 Å². The Bertz CT molecular complexity index is 929. The number of benzene rings is 2. The SMILES string of the molecule is CCCCCCC(CCOC(=O)Oc1ccc(-c2ccc(OCCC)c(F)c2F)cc1)C(F)(F)F. The lowest BCUT2D eigenvalue weighted by Crippen LogP contribution is -2.25. The van der Waals surface area contributed by atoms with Crippen LogP contribution in [0.1, 0.15) is 58.8 Å². The Morgan fingerprint density at radius 3 is 2.20 bits per heavy atom. The number of carbonyl (C=O) groups is 1. The topological polar surface area (TPSA) is 44.8 Å². The van der Waals surface area contributed by atoms with Crippen LogP contribution in [0.15, 0.2) is 36.4 Å². The molecule has 0 aliphatic heterocycles. The van der Waals surface area contributed by atoms with Gasteiger partial charge in [-0.25, -0.2) is 9.18 Å². The van der Waals surface area contributed by atoms with Crippen LogP contribution in [-0.2, 0) is 4.74 Å². The van der Waals surface area contributed by atoms with Gasteiger partial charge in [0, 0.05) is 5.56 Å². The Morgan fingerprint density at radius 2 is 1.57 bits per heavy atom. The molecule has 0 aliphatic carbocycles. The molecule has 0 radical (unpaired) electrons. The minimum atomic E-state index is -4.36. The Hall–Kier alpha value is -2.84. The quantitative estimate of drug-likeness (QED) is 0.119. The van der Waals surface area contributed by atoms with E-state index in [-0.39, 0.29) is 36.5 Å². The van der Waals surface area contributed by atoms with Crippen molar-refractivity contribution in [2.45, 2.75) is 65.0 Å². The number of hydrogen-bond donors (Lipinski definition) is 0. The van der Waals surface area contributed by atoms with E-state index in [4.69, 9.17) is 14.2 Å². The highest BCUT2D eigenvalue weighted by molar-refractivity contribution is 5.68. The van der Waals surface area contributed by atoms with Crippen LogP contribution < -0.4 is 9.47 Å². The molecule has 0 aromatic heterocycles. The molecule has 0 saturated heterocycles. The van der Waals surface area contributed by atoms with Crippen molar-refractivity contribution in [3.05, 3.63) is 48.0 Å². The van der Waals surface area contributed by atoms with E-state index in [9.17, 15) is 26.7 Å². The largest absolute Gasteiger partial charge is 0.513 e. The van der Waals surface area contributed by atoms with E-state index in [0.717, 1.165) is 19.3 Å². The van der Waals surface area contributed by atoms with Crippen molar-refractivity contribution in [3.63, 3.8) is 0 Å². The molecule has 35 heavy (non-hydrogen) atoms. The molecule has 194 valence electrons. The highest BCUT2D eigenvalue weighted by Crippen LogP contribution is 2.33. The first kappa shape index (κ1) is 28.4. The first-order valence-corrected chi connectivity index (χ1v) is 11.8. The Morgan fingerprint density at radius 1 is 0.857 bits per heavy atom. The lowest BCUT2D eigenvalue weighted by Gasteiger charge is -2.20. The normalized spacial score (nSPS) is 12.3. The van der Waals surface area contributed by atoms with Gasteiger partial charge in [0.05, 0.1) is 19.1 Å². The van der Waals surface area contributed by atoms with Crippen molar-refractivity contribution in [1.29, 1.82) is 0 Å². The molecule has 4 nitrogen and oxygen atoms in total. The van der Waals surface area contributed by atoms with Gasteiger partial charge in [0.2, 0.25) is 5.82 Å². The molecule has 0 spiro atoms. The molecule has 1 atom stereocenters. The Kier molecular flexibility index (Phi) is 11.3. The summed E-state index contributed by atoms with van der Waals surface area (Å²) in [5.41, 5.74) is 0.331. The molecule has 2 aromatic rings. The van der Waals surface area contributed by atoms with Gasteiger partial charge in [0.1, 0.15) is 5.75 Å². The van der Waals surface area contributed by atoms with Gasteiger partial charge in [0.15, 0.2) is 11.6 Å². The highest BCUT2D eigenvalue weighted by Gasteiger charge is 2.38. The van der Waals surface area contributed by atoms with E-state index in [1.807, 2.05) is 13.8 Å². The van der Waals surface area contributed by atoms with E-state index in [1.165, 1.54) is 36.4 Å². The van der Waals surface area contributed by atoms with Gasteiger partial charge in [-0.3, -0.25) is 0 Å². The van der Waals surface area contributed by atoms with Crippen LogP contribution in [0.5, 0.6) is 11.5 Å². The summed E-state index contributed by atoms with van der Waals surface area (Å²) in [5.74, 6) is -3.83. The molecule has 0 saturated carbocycles. The molecular weight excluding hydrogens is 471 g/mol. The van der Waals surface area contributed by atoms with Crippen molar-refractivity contribution < 1.29 is 41.0 Å². The molecule has 9 heteroatoms. The third kappa shape index (κ3) is 9.03. The molecule has 1 unspecified atom stereocenters. The minimum Gasteiger partial charge on any atom is -0.490 e. The summed E-state index contributed by atoms with van der Waals surface area (Å²) in [5, 5.41) is 0. The summed E-state index contributed by atoms with van der Waals surface area (Å²) in [7, 11) is 0. The molecule has 0 amide bonds. The monoisotopic (exact) mass is 502 g/mol. The van der Waals surface area contributed by atoms with E-state index in [0.29, 0.717) is 18.4 Å². The van der Waals surface area contributed by atoms with Crippen LogP contribution in [0.3, 0.4) is 0 Å². The van der Waals surface area contributed by atoms with Gasteiger partial charge in [0.25, 0.3) is 0 Å². The highest BCUT2D eigenvalue weighted by atomic mass is 19.4. The lowest BCUT2D eigenvalue weighted by molar-refractivity contribution is -0.180. The van der Waals surface area contributed by atoms with Crippen molar-refractivity contribution in [3.8, 4) is 22.6 Å². The molecule has 0 aliphatic rings. The number of unbranched alkanes of at least 4 members (excludes halogenated alkanes) is 3. The van der Waals surface area contributed by atoms with Crippen molar-refractivity contribution in [2.75, 3.05) is 13.2 Å². The Balaban J connectivity index is 1.90. The summed E-state index contributed by atoms with van der Waals surface area (Å²) >= 11 is 0. The van der Waals surface area contributed by atoms with Gasteiger partial charge in [-0.2, -0.15) is 17.6 Å². The number of hydrogen-bond acceptors (Lipinski definition) is 4. The fraction of sp³-hybridized carbons (Fsp3) is 0.500. The average molecular weight is 503 g/mol. The number of rotatable bonds is 13. The molecular formula is C26H31F5O4. The zero-order valence-electron chi connectivity index (χ0n) is 19.9. The maximum absolute atomic E-state index is 14.4. The van der Waals surface area contributed by atoms with E-state index in [1.54, 1.807) is 0 Å². The van der Waals surface area contributed by atoms with Crippen molar-refractivity contribution in [2.24, 2.45) is 5.92 Å². The summed E-state index contributed by atoms with van der Waals surface area (Å²) in [4.78, 5) is 11.9. The number of carbonyl (C=O) groups excluding carboxylic acids is 1. The third-order valence-electron chi connectivity index (χ3n) is 5.43. The van der Waals surface area contributed by atoms with Gasteiger partial charge in [-0.05, 0) is 49.1 Å². The van der Waals surface area contributed by atoms with Gasteiger partial charge < -0.3 is 14.2 Å². The number of alkyl halides is 3. The molecule has 0 fully saturated rings. The standard InChI is InChI=1S/C26H31F5O4/c1-3-5-6-7-8-19(26(29,30)31)15-17-34-25(32)35-20-11-9-18(10-12-20)21-13-14-22(33-16-4-2)24(28)23(21)27/h9-14,19H,3-8,15-17H2,1-2H3. The van der Waals surface area contributed by atoms with Crippen LogP contribution in [0.25, 0.3) is 11.1 Å². The predicted molar refractivity (Wildman–Crippen MR) is 122 cm³/mol. The summed E-state index contributed by atoms with van der Waals surface area (Å²) in [6.45, 7) is 3.66.